The quantitative estimate of drug-likeness (QED) is 0.401. The van der Waals surface area contributed by atoms with E-state index in [1.807, 2.05) is 0 Å². The van der Waals surface area contributed by atoms with Crippen molar-refractivity contribution in [3.8, 4) is 0 Å². The van der Waals surface area contributed by atoms with Crippen molar-refractivity contribution in [2.75, 3.05) is 0 Å². The summed E-state index contributed by atoms with van der Waals surface area (Å²) in [5, 5.41) is 0. The van der Waals surface area contributed by atoms with Crippen LogP contribution in [-0.2, 0) is 0 Å². The van der Waals surface area contributed by atoms with Crippen molar-refractivity contribution in [1.82, 2.24) is 0 Å². The lowest BCUT2D eigenvalue weighted by atomic mass is 10.2. The lowest BCUT2D eigenvalue weighted by molar-refractivity contribution is 1.02. The minimum atomic E-state index is 1.16. The average molecular weight is 138 g/mol. The van der Waals surface area contributed by atoms with Gasteiger partial charge in [-0.25, -0.2) is 0 Å². The number of hydrogen-bond acceptors (Lipinski definition) is 0. The van der Waals surface area contributed by atoms with E-state index in [1.165, 1.54) is 12.8 Å². The van der Waals surface area contributed by atoms with Crippen LogP contribution in [-0.4, -0.2) is 0 Å². The number of unbranched alkanes of at least 4 members (excludes halogenated alkanes) is 1. The molecular formula is C10H18. The first-order valence-electron chi connectivity index (χ1n) is 4.21. The Labute approximate surface area is 64.6 Å². The summed E-state index contributed by atoms with van der Waals surface area (Å²) in [4.78, 5) is 0. The largest absolute Gasteiger partial charge is 0.0888 e. The molecule has 58 valence electrons. The maximum Gasteiger partial charge on any atom is -0.0316 e. The van der Waals surface area contributed by atoms with Crippen LogP contribution in [0, 0.1) is 0 Å². The van der Waals surface area contributed by atoms with Crippen LogP contribution in [0.5, 0.6) is 0 Å². The molecule has 0 spiro atoms. The zero-order valence-corrected chi connectivity index (χ0v) is 7.14. The third-order valence-corrected chi connectivity index (χ3v) is 1.30. The Bertz CT molecular complexity index is 84.6. The molecule has 0 aliphatic rings. The van der Waals surface area contributed by atoms with Crippen LogP contribution >= 0.6 is 0 Å². The van der Waals surface area contributed by atoms with Gasteiger partial charge >= 0.3 is 0 Å². The first kappa shape index (κ1) is 9.48. The van der Waals surface area contributed by atoms with Crippen LogP contribution in [0.1, 0.15) is 39.5 Å². The molecule has 0 saturated carbocycles. The van der Waals surface area contributed by atoms with E-state index in [0.717, 1.165) is 12.8 Å². The lowest BCUT2D eigenvalue weighted by Crippen LogP contribution is -1.64. The maximum atomic E-state index is 2.25. The molecule has 0 aromatic carbocycles. The van der Waals surface area contributed by atoms with Crippen molar-refractivity contribution in [2.45, 2.75) is 39.5 Å². The molecule has 0 rings (SSSR count). The highest BCUT2D eigenvalue weighted by Gasteiger charge is 1.74. The maximum absolute atomic E-state index is 2.25. The molecular weight excluding hydrogens is 120 g/mol. The van der Waals surface area contributed by atoms with Crippen molar-refractivity contribution >= 4 is 0 Å². The molecule has 0 amide bonds. The highest BCUT2D eigenvalue weighted by molar-refractivity contribution is 4.86. The normalized spacial score (nSPS) is 11.8. The first-order valence-corrected chi connectivity index (χ1v) is 4.21. The molecule has 0 fully saturated rings. The monoisotopic (exact) mass is 138 g/mol. The van der Waals surface area contributed by atoms with E-state index < -0.39 is 0 Å². The zero-order chi connectivity index (χ0) is 7.66. The summed E-state index contributed by atoms with van der Waals surface area (Å²) in [7, 11) is 0. The van der Waals surface area contributed by atoms with Gasteiger partial charge in [0.1, 0.15) is 0 Å². The van der Waals surface area contributed by atoms with Gasteiger partial charge in [-0.2, -0.15) is 0 Å². The fourth-order valence-electron chi connectivity index (χ4n) is 0.761. The molecule has 0 radical (unpaired) electrons. The van der Waals surface area contributed by atoms with E-state index in [0.29, 0.717) is 0 Å². The van der Waals surface area contributed by atoms with Gasteiger partial charge in [0, 0.05) is 0 Å². The summed E-state index contributed by atoms with van der Waals surface area (Å²) < 4.78 is 0. The Hall–Kier alpha value is -0.520. The van der Waals surface area contributed by atoms with Gasteiger partial charge in [0.2, 0.25) is 0 Å². The van der Waals surface area contributed by atoms with Crippen LogP contribution in [0.2, 0.25) is 0 Å². The van der Waals surface area contributed by atoms with Crippen molar-refractivity contribution in [2.24, 2.45) is 0 Å². The third-order valence-electron chi connectivity index (χ3n) is 1.30. The van der Waals surface area contributed by atoms with Crippen molar-refractivity contribution < 1.29 is 0 Å². The van der Waals surface area contributed by atoms with E-state index >= 15 is 0 Å². The minimum absolute atomic E-state index is 1.16. The number of rotatable bonds is 5. The van der Waals surface area contributed by atoms with Crippen molar-refractivity contribution in [3.05, 3.63) is 24.3 Å². The molecule has 0 N–H and O–H groups in total. The van der Waals surface area contributed by atoms with E-state index in [9.17, 15) is 0 Å². The van der Waals surface area contributed by atoms with Gasteiger partial charge in [-0.05, 0) is 25.7 Å². The predicted molar refractivity (Wildman–Crippen MR) is 48.1 cm³/mol. The molecule has 0 bridgehead atoms. The van der Waals surface area contributed by atoms with Gasteiger partial charge in [-0.15, -0.1) is 0 Å². The van der Waals surface area contributed by atoms with Crippen LogP contribution in [0.25, 0.3) is 0 Å². The van der Waals surface area contributed by atoms with Gasteiger partial charge < -0.3 is 0 Å². The first-order chi connectivity index (χ1) is 4.91. The van der Waals surface area contributed by atoms with Crippen LogP contribution in [0.4, 0.5) is 0 Å². The average Bonchev–Trinajstić information content (AvgIpc) is 1.97. The molecule has 0 aliphatic heterocycles. The second-order valence-corrected chi connectivity index (χ2v) is 2.34. The van der Waals surface area contributed by atoms with E-state index in [1.54, 1.807) is 0 Å². The molecule has 0 aliphatic carbocycles. The Morgan fingerprint density at radius 2 is 1.10 bits per heavy atom. The molecule has 0 saturated heterocycles. The highest BCUT2D eigenvalue weighted by Crippen LogP contribution is 1.94. The SMILES string of the molecule is CC/C=C\CC/C=C/CC. The van der Waals surface area contributed by atoms with Crippen LogP contribution in [0.15, 0.2) is 24.3 Å². The Kier molecular flexibility index (Phi) is 8.04. The predicted octanol–water partition coefficient (Wildman–Crippen LogP) is 3.70. The van der Waals surface area contributed by atoms with Gasteiger partial charge in [-0.1, -0.05) is 38.2 Å². The third kappa shape index (κ3) is 7.48. The fourth-order valence-corrected chi connectivity index (χ4v) is 0.761. The fraction of sp³-hybridized carbons (Fsp3) is 0.600. The molecule has 0 unspecified atom stereocenters. The second kappa shape index (κ2) is 8.48. The van der Waals surface area contributed by atoms with E-state index in [-0.39, 0.29) is 0 Å². The Balaban J connectivity index is 3.04. The smallest absolute Gasteiger partial charge is 0.0316 e. The standard InChI is InChI=1S/C10H18/c1-3-5-7-9-10-8-6-4-2/h5-8H,3-4,9-10H2,1-2H3/b7-5-,8-6+. The summed E-state index contributed by atoms with van der Waals surface area (Å²) in [6.07, 6.45) is 13.7. The summed E-state index contributed by atoms with van der Waals surface area (Å²) in [5.74, 6) is 0. The van der Waals surface area contributed by atoms with Crippen molar-refractivity contribution in [1.29, 1.82) is 0 Å². The summed E-state index contributed by atoms with van der Waals surface area (Å²) in [6, 6.07) is 0. The lowest BCUT2D eigenvalue weighted by Gasteiger charge is -1.84. The molecule has 0 atom stereocenters. The Morgan fingerprint density at radius 1 is 0.700 bits per heavy atom. The zero-order valence-electron chi connectivity index (χ0n) is 7.14. The highest BCUT2D eigenvalue weighted by atomic mass is 13.8. The molecule has 0 heterocycles. The van der Waals surface area contributed by atoms with Crippen LogP contribution in [0.3, 0.4) is 0 Å². The minimum Gasteiger partial charge on any atom is -0.0888 e. The molecule has 0 nitrogen and oxygen atoms in total. The van der Waals surface area contributed by atoms with Crippen molar-refractivity contribution in [3.63, 3.8) is 0 Å². The molecule has 0 heteroatoms. The molecule has 10 heavy (non-hydrogen) atoms. The topological polar surface area (TPSA) is 0 Å². The number of allylic oxidation sites excluding steroid dienone is 4. The van der Waals surface area contributed by atoms with Crippen LogP contribution < -0.4 is 0 Å². The van der Waals surface area contributed by atoms with Gasteiger partial charge in [0.15, 0.2) is 0 Å². The molecule has 0 aromatic heterocycles. The Morgan fingerprint density at radius 3 is 1.40 bits per heavy atom. The summed E-state index contributed by atoms with van der Waals surface area (Å²) in [6.45, 7) is 4.33. The summed E-state index contributed by atoms with van der Waals surface area (Å²) >= 11 is 0. The summed E-state index contributed by atoms with van der Waals surface area (Å²) in [5.41, 5.74) is 0. The van der Waals surface area contributed by atoms with E-state index in [2.05, 4.69) is 38.2 Å². The van der Waals surface area contributed by atoms with Gasteiger partial charge in [0.25, 0.3) is 0 Å². The molecule has 0 aromatic rings. The second-order valence-electron chi connectivity index (χ2n) is 2.34. The van der Waals surface area contributed by atoms with E-state index in [4.69, 9.17) is 0 Å². The van der Waals surface area contributed by atoms with Gasteiger partial charge in [-0.3, -0.25) is 0 Å². The van der Waals surface area contributed by atoms with Gasteiger partial charge in [0.05, 0.1) is 0 Å². The number of hydrogen-bond donors (Lipinski definition) is 0.